The summed E-state index contributed by atoms with van der Waals surface area (Å²) in [6.45, 7) is 11.4. The first kappa shape index (κ1) is 17.4. The fourth-order valence-electron chi connectivity index (χ4n) is 3.77. The lowest BCUT2D eigenvalue weighted by Gasteiger charge is -2.38. The van der Waals surface area contributed by atoms with E-state index in [-0.39, 0.29) is 6.04 Å². The second-order valence-corrected chi connectivity index (χ2v) is 7.32. The van der Waals surface area contributed by atoms with Gasteiger partial charge in [-0.25, -0.2) is 0 Å². The van der Waals surface area contributed by atoms with Crippen LogP contribution in [0, 0.1) is 6.92 Å². The van der Waals surface area contributed by atoms with Crippen LogP contribution in [-0.2, 0) is 11.2 Å². The van der Waals surface area contributed by atoms with Crippen molar-refractivity contribution < 1.29 is 4.79 Å². The Hall–Kier alpha value is -1.39. The van der Waals surface area contributed by atoms with Crippen LogP contribution in [0.3, 0.4) is 0 Å². The second-order valence-electron chi connectivity index (χ2n) is 7.32. The van der Waals surface area contributed by atoms with Crippen molar-refractivity contribution in [2.75, 3.05) is 45.8 Å². The van der Waals surface area contributed by atoms with Crippen LogP contribution in [0.25, 0.3) is 0 Å². The van der Waals surface area contributed by atoms with Crippen LogP contribution in [0.4, 0.5) is 0 Å². The summed E-state index contributed by atoms with van der Waals surface area (Å²) in [7, 11) is 0. The number of carbonyl (C=O) groups excluding carboxylic acids is 1. The Labute approximate surface area is 146 Å². The molecule has 2 aliphatic rings. The fourth-order valence-corrected chi connectivity index (χ4v) is 3.77. The molecule has 2 fully saturated rings. The quantitative estimate of drug-likeness (QED) is 0.828. The van der Waals surface area contributed by atoms with E-state index in [0.717, 1.165) is 52.2 Å². The Morgan fingerprint density at radius 1 is 1.00 bits per heavy atom. The topological polar surface area (TPSA) is 26.8 Å². The van der Waals surface area contributed by atoms with Gasteiger partial charge in [0.25, 0.3) is 0 Å². The Bertz CT molecular complexity index is 528. The van der Waals surface area contributed by atoms with E-state index < -0.39 is 0 Å². The second kappa shape index (κ2) is 8.13. The predicted octanol–water partition coefficient (Wildman–Crippen LogP) is 2.17. The first-order chi connectivity index (χ1) is 11.6. The van der Waals surface area contributed by atoms with Gasteiger partial charge in [0.15, 0.2) is 0 Å². The van der Waals surface area contributed by atoms with Crippen molar-refractivity contribution in [2.24, 2.45) is 0 Å². The van der Waals surface area contributed by atoms with E-state index in [1.165, 1.54) is 24.0 Å². The maximum Gasteiger partial charge on any atom is 0.239 e. The van der Waals surface area contributed by atoms with Crippen molar-refractivity contribution in [2.45, 2.75) is 39.2 Å². The highest BCUT2D eigenvalue weighted by atomic mass is 16.2. The molecule has 0 aromatic heterocycles. The molecule has 0 spiro atoms. The minimum atomic E-state index is 0.0438. The van der Waals surface area contributed by atoms with E-state index in [1.807, 2.05) is 0 Å². The van der Waals surface area contributed by atoms with Crippen molar-refractivity contribution in [1.82, 2.24) is 14.7 Å². The molecule has 4 nitrogen and oxygen atoms in total. The maximum absolute atomic E-state index is 12.5. The lowest BCUT2D eigenvalue weighted by Crippen LogP contribution is -2.54. The molecule has 1 unspecified atom stereocenters. The van der Waals surface area contributed by atoms with Crippen LogP contribution in [0.15, 0.2) is 24.3 Å². The number of amides is 1. The predicted molar refractivity (Wildman–Crippen MR) is 98.2 cm³/mol. The van der Waals surface area contributed by atoms with E-state index in [9.17, 15) is 4.79 Å². The third-order valence-corrected chi connectivity index (χ3v) is 5.57. The van der Waals surface area contributed by atoms with Crippen molar-refractivity contribution in [3.05, 3.63) is 35.4 Å². The SMILES string of the molecule is Cc1ccc(CCN2CCN(C(C)C(=O)N3CCCC3)CC2)cc1. The van der Waals surface area contributed by atoms with Gasteiger partial charge in [0, 0.05) is 45.8 Å². The monoisotopic (exact) mass is 329 g/mol. The highest BCUT2D eigenvalue weighted by molar-refractivity contribution is 5.81. The highest BCUT2D eigenvalue weighted by Gasteiger charge is 2.29. The Kier molecular flexibility index (Phi) is 5.90. The summed E-state index contributed by atoms with van der Waals surface area (Å²) in [6, 6.07) is 8.91. The Balaban J connectivity index is 1.41. The number of rotatable bonds is 5. The molecule has 2 heterocycles. The zero-order valence-electron chi connectivity index (χ0n) is 15.2. The molecule has 0 bridgehead atoms. The number of benzene rings is 1. The molecule has 24 heavy (non-hydrogen) atoms. The van der Waals surface area contributed by atoms with Gasteiger partial charge in [0.2, 0.25) is 5.91 Å². The maximum atomic E-state index is 12.5. The molecule has 132 valence electrons. The molecule has 3 rings (SSSR count). The molecule has 0 N–H and O–H groups in total. The van der Waals surface area contributed by atoms with Crippen LogP contribution >= 0.6 is 0 Å². The molecule has 1 aromatic carbocycles. The number of aryl methyl sites for hydroxylation is 1. The van der Waals surface area contributed by atoms with Gasteiger partial charge in [0.05, 0.1) is 6.04 Å². The lowest BCUT2D eigenvalue weighted by molar-refractivity contribution is -0.136. The van der Waals surface area contributed by atoms with Gasteiger partial charge in [-0.1, -0.05) is 29.8 Å². The zero-order valence-corrected chi connectivity index (χ0v) is 15.2. The third-order valence-electron chi connectivity index (χ3n) is 5.57. The van der Waals surface area contributed by atoms with Crippen LogP contribution in [0.1, 0.15) is 30.9 Å². The summed E-state index contributed by atoms with van der Waals surface area (Å²) >= 11 is 0. The van der Waals surface area contributed by atoms with Gasteiger partial charge in [-0.15, -0.1) is 0 Å². The molecule has 1 atom stereocenters. The number of nitrogens with zero attached hydrogens (tertiary/aromatic N) is 3. The molecule has 4 heteroatoms. The zero-order chi connectivity index (χ0) is 16.9. The van der Waals surface area contributed by atoms with E-state index in [1.54, 1.807) is 0 Å². The molecular formula is C20H31N3O. The van der Waals surface area contributed by atoms with Gasteiger partial charge in [0.1, 0.15) is 0 Å². The summed E-state index contributed by atoms with van der Waals surface area (Å²) in [6.07, 6.45) is 3.46. The highest BCUT2D eigenvalue weighted by Crippen LogP contribution is 2.14. The summed E-state index contributed by atoms with van der Waals surface area (Å²) in [5, 5.41) is 0. The van der Waals surface area contributed by atoms with E-state index >= 15 is 0 Å². The first-order valence-corrected chi connectivity index (χ1v) is 9.44. The summed E-state index contributed by atoms with van der Waals surface area (Å²) in [4.78, 5) is 19.5. The normalized spacial score (nSPS) is 21.2. The summed E-state index contributed by atoms with van der Waals surface area (Å²) in [5.74, 6) is 0.334. The van der Waals surface area contributed by atoms with Crippen molar-refractivity contribution in [3.63, 3.8) is 0 Å². The number of likely N-dealkylation sites (tertiary alicyclic amines) is 1. The van der Waals surface area contributed by atoms with Crippen LogP contribution < -0.4 is 0 Å². The first-order valence-electron chi connectivity index (χ1n) is 9.44. The molecule has 0 saturated carbocycles. The van der Waals surface area contributed by atoms with E-state index in [4.69, 9.17) is 0 Å². The standard InChI is InChI=1S/C20H31N3O/c1-17-5-7-19(8-6-17)9-12-21-13-15-22(16-14-21)18(2)20(24)23-10-3-4-11-23/h5-8,18H,3-4,9-16H2,1-2H3. The average molecular weight is 329 g/mol. The van der Waals surface area contributed by atoms with Gasteiger partial charge in [-0.2, -0.15) is 0 Å². The van der Waals surface area contributed by atoms with Crippen LogP contribution in [0.2, 0.25) is 0 Å². The largest absolute Gasteiger partial charge is 0.341 e. The third kappa shape index (κ3) is 4.37. The van der Waals surface area contributed by atoms with Crippen LogP contribution in [0.5, 0.6) is 0 Å². The van der Waals surface area contributed by atoms with Crippen molar-refractivity contribution in [3.8, 4) is 0 Å². The Morgan fingerprint density at radius 2 is 1.62 bits per heavy atom. The Morgan fingerprint density at radius 3 is 2.25 bits per heavy atom. The van der Waals surface area contributed by atoms with E-state index in [2.05, 4.69) is 52.8 Å². The lowest BCUT2D eigenvalue weighted by atomic mass is 10.1. The minimum absolute atomic E-state index is 0.0438. The van der Waals surface area contributed by atoms with Gasteiger partial charge in [-0.3, -0.25) is 9.69 Å². The van der Waals surface area contributed by atoms with Gasteiger partial charge >= 0.3 is 0 Å². The number of carbonyl (C=O) groups is 1. The molecule has 2 aliphatic heterocycles. The van der Waals surface area contributed by atoms with Gasteiger partial charge in [-0.05, 0) is 38.7 Å². The van der Waals surface area contributed by atoms with Crippen LogP contribution in [-0.4, -0.2) is 72.5 Å². The number of hydrogen-bond acceptors (Lipinski definition) is 3. The molecular weight excluding hydrogens is 298 g/mol. The average Bonchev–Trinajstić information content (AvgIpc) is 3.15. The molecule has 0 aliphatic carbocycles. The smallest absolute Gasteiger partial charge is 0.239 e. The molecule has 1 amide bonds. The van der Waals surface area contributed by atoms with E-state index in [0.29, 0.717) is 5.91 Å². The number of hydrogen-bond donors (Lipinski definition) is 0. The molecule has 2 saturated heterocycles. The fraction of sp³-hybridized carbons (Fsp3) is 0.650. The number of piperazine rings is 1. The minimum Gasteiger partial charge on any atom is -0.341 e. The molecule has 0 radical (unpaired) electrons. The van der Waals surface area contributed by atoms with Gasteiger partial charge < -0.3 is 9.80 Å². The summed E-state index contributed by atoms with van der Waals surface area (Å²) < 4.78 is 0. The van der Waals surface area contributed by atoms with Crippen molar-refractivity contribution in [1.29, 1.82) is 0 Å². The molecule has 1 aromatic rings. The summed E-state index contributed by atoms with van der Waals surface area (Å²) in [5.41, 5.74) is 2.74. The van der Waals surface area contributed by atoms with Crippen molar-refractivity contribution >= 4 is 5.91 Å².